The zero-order chi connectivity index (χ0) is 8.77. The summed E-state index contributed by atoms with van der Waals surface area (Å²) in [4.78, 5) is 3.79. The van der Waals surface area contributed by atoms with E-state index < -0.39 is 0 Å². The zero-order valence-corrected chi connectivity index (χ0v) is 7.86. The number of nitrogens with two attached hydrogens (primary N) is 1. The van der Waals surface area contributed by atoms with Gasteiger partial charge < -0.3 is 5.73 Å². The topological polar surface area (TPSA) is 38.9 Å². The molecule has 1 aromatic heterocycles. The standard InChI is InChI=1S/C8H8Cl2N2/c9-6-2-1-5(11)7(12-6)8(10)3-4-8/h1-2H,3-4,11H2. The van der Waals surface area contributed by atoms with Crippen LogP contribution in [0.4, 0.5) is 5.69 Å². The Labute approximate surface area is 80.7 Å². The van der Waals surface area contributed by atoms with E-state index in [1.165, 1.54) is 0 Å². The second kappa shape index (κ2) is 2.51. The second-order valence-corrected chi connectivity index (χ2v) is 4.15. The molecule has 0 unspecified atom stereocenters. The van der Waals surface area contributed by atoms with Crippen LogP contribution in [0.25, 0.3) is 0 Å². The first-order chi connectivity index (χ1) is 5.62. The van der Waals surface area contributed by atoms with E-state index in [1.807, 2.05) is 0 Å². The fraction of sp³-hybridized carbons (Fsp3) is 0.375. The van der Waals surface area contributed by atoms with Crippen molar-refractivity contribution < 1.29 is 0 Å². The molecule has 1 aliphatic rings. The van der Waals surface area contributed by atoms with Crippen molar-refractivity contribution in [3.8, 4) is 0 Å². The van der Waals surface area contributed by atoms with Crippen LogP contribution in [0.3, 0.4) is 0 Å². The van der Waals surface area contributed by atoms with Gasteiger partial charge in [0.25, 0.3) is 0 Å². The third kappa shape index (κ3) is 1.25. The van der Waals surface area contributed by atoms with Gasteiger partial charge in [-0.3, -0.25) is 0 Å². The summed E-state index contributed by atoms with van der Waals surface area (Å²) in [6, 6.07) is 3.41. The number of anilines is 1. The molecule has 2 N–H and O–H groups in total. The maximum atomic E-state index is 6.15. The lowest BCUT2D eigenvalue weighted by Crippen LogP contribution is -2.05. The lowest BCUT2D eigenvalue weighted by Gasteiger charge is -2.08. The molecule has 1 aliphatic carbocycles. The Morgan fingerprint density at radius 2 is 2.08 bits per heavy atom. The smallest absolute Gasteiger partial charge is 0.129 e. The molecule has 0 amide bonds. The molecule has 0 aliphatic heterocycles. The van der Waals surface area contributed by atoms with Crippen LogP contribution in [-0.4, -0.2) is 4.98 Å². The minimum atomic E-state index is -0.324. The molecule has 4 heteroatoms. The van der Waals surface area contributed by atoms with Gasteiger partial charge in [0.1, 0.15) is 5.15 Å². The van der Waals surface area contributed by atoms with Crippen molar-refractivity contribution in [2.45, 2.75) is 17.7 Å². The van der Waals surface area contributed by atoms with Gasteiger partial charge in [0.05, 0.1) is 16.3 Å². The molecule has 2 nitrogen and oxygen atoms in total. The Morgan fingerprint density at radius 1 is 1.42 bits per heavy atom. The normalized spacial score (nSPS) is 19.2. The Balaban J connectivity index is 2.48. The van der Waals surface area contributed by atoms with E-state index in [4.69, 9.17) is 28.9 Å². The first-order valence-electron chi connectivity index (χ1n) is 3.73. The molecule has 1 fully saturated rings. The molecule has 12 heavy (non-hydrogen) atoms. The second-order valence-electron chi connectivity index (χ2n) is 3.04. The first-order valence-corrected chi connectivity index (χ1v) is 4.49. The molecular formula is C8H8Cl2N2. The maximum absolute atomic E-state index is 6.15. The van der Waals surface area contributed by atoms with Gasteiger partial charge in [-0.05, 0) is 25.0 Å². The van der Waals surface area contributed by atoms with Crippen LogP contribution >= 0.6 is 23.2 Å². The lowest BCUT2D eigenvalue weighted by molar-refractivity contribution is 0.943. The SMILES string of the molecule is Nc1ccc(Cl)nc1C1(Cl)CC1. The summed E-state index contributed by atoms with van der Waals surface area (Å²) in [5, 5.41) is 0.450. The van der Waals surface area contributed by atoms with Crippen molar-refractivity contribution in [1.82, 2.24) is 4.98 Å². The van der Waals surface area contributed by atoms with E-state index in [-0.39, 0.29) is 4.87 Å². The van der Waals surface area contributed by atoms with Crippen LogP contribution in [-0.2, 0) is 4.87 Å². The monoisotopic (exact) mass is 202 g/mol. The number of hydrogen-bond acceptors (Lipinski definition) is 2. The van der Waals surface area contributed by atoms with E-state index in [1.54, 1.807) is 12.1 Å². The summed E-state index contributed by atoms with van der Waals surface area (Å²) in [5.41, 5.74) is 7.07. The van der Waals surface area contributed by atoms with E-state index in [2.05, 4.69) is 4.98 Å². The van der Waals surface area contributed by atoms with Crippen molar-refractivity contribution in [2.75, 3.05) is 5.73 Å². The molecule has 0 bridgehead atoms. The predicted molar refractivity (Wildman–Crippen MR) is 50.4 cm³/mol. The Kier molecular flexibility index (Phi) is 1.70. The van der Waals surface area contributed by atoms with Crippen LogP contribution in [0.5, 0.6) is 0 Å². The minimum absolute atomic E-state index is 0.324. The minimum Gasteiger partial charge on any atom is -0.397 e. The molecule has 0 spiro atoms. The van der Waals surface area contributed by atoms with Crippen LogP contribution < -0.4 is 5.73 Å². The quantitative estimate of drug-likeness (QED) is 0.562. The van der Waals surface area contributed by atoms with E-state index in [0.29, 0.717) is 10.8 Å². The third-order valence-electron chi connectivity index (χ3n) is 2.01. The third-order valence-corrected chi connectivity index (χ3v) is 2.77. The van der Waals surface area contributed by atoms with Gasteiger partial charge in [0.15, 0.2) is 0 Å². The van der Waals surface area contributed by atoms with E-state index >= 15 is 0 Å². The Bertz CT molecular complexity index is 321. The fourth-order valence-corrected chi connectivity index (χ4v) is 1.54. The Hall–Kier alpha value is -0.470. The van der Waals surface area contributed by atoms with Gasteiger partial charge >= 0.3 is 0 Å². The summed E-state index contributed by atoms with van der Waals surface area (Å²) in [6.45, 7) is 0. The number of aromatic nitrogens is 1. The molecular weight excluding hydrogens is 195 g/mol. The predicted octanol–water partition coefficient (Wildman–Crippen LogP) is 2.55. The highest BCUT2D eigenvalue weighted by molar-refractivity contribution is 6.30. The molecule has 2 rings (SSSR count). The summed E-state index contributed by atoms with van der Waals surface area (Å²) in [5.74, 6) is 0. The molecule has 1 saturated carbocycles. The molecule has 0 saturated heterocycles. The number of alkyl halides is 1. The van der Waals surface area contributed by atoms with Crippen molar-refractivity contribution in [3.05, 3.63) is 23.0 Å². The van der Waals surface area contributed by atoms with E-state index in [9.17, 15) is 0 Å². The Morgan fingerprint density at radius 3 is 2.67 bits per heavy atom. The zero-order valence-electron chi connectivity index (χ0n) is 6.35. The van der Waals surface area contributed by atoms with Gasteiger partial charge in [0, 0.05) is 0 Å². The number of nitrogens with zero attached hydrogens (tertiary/aromatic N) is 1. The summed E-state index contributed by atoms with van der Waals surface area (Å²) in [7, 11) is 0. The van der Waals surface area contributed by atoms with Crippen LogP contribution in [0, 0.1) is 0 Å². The van der Waals surface area contributed by atoms with Crippen molar-refractivity contribution in [3.63, 3.8) is 0 Å². The lowest BCUT2D eigenvalue weighted by atomic mass is 10.2. The number of hydrogen-bond donors (Lipinski definition) is 1. The molecule has 64 valence electrons. The molecule has 0 radical (unpaired) electrons. The van der Waals surface area contributed by atoms with Crippen molar-refractivity contribution in [1.29, 1.82) is 0 Å². The summed E-state index contributed by atoms with van der Waals surface area (Å²) < 4.78 is 0. The van der Waals surface area contributed by atoms with Crippen molar-refractivity contribution in [2.24, 2.45) is 0 Å². The first kappa shape index (κ1) is 8.14. The average molecular weight is 203 g/mol. The van der Waals surface area contributed by atoms with E-state index in [0.717, 1.165) is 18.5 Å². The van der Waals surface area contributed by atoms with Crippen molar-refractivity contribution >= 4 is 28.9 Å². The van der Waals surface area contributed by atoms with Gasteiger partial charge in [-0.15, -0.1) is 11.6 Å². The molecule has 0 atom stereocenters. The maximum Gasteiger partial charge on any atom is 0.129 e. The van der Waals surface area contributed by atoms with Crippen LogP contribution in [0.15, 0.2) is 12.1 Å². The number of pyridine rings is 1. The van der Waals surface area contributed by atoms with Gasteiger partial charge in [0.2, 0.25) is 0 Å². The number of nitrogen functional groups attached to an aromatic ring is 1. The van der Waals surface area contributed by atoms with Crippen LogP contribution in [0.2, 0.25) is 5.15 Å². The summed E-state index contributed by atoms with van der Waals surface area (Å²) >= 11 is 11.9. The molecule has 1 aromatic rings. The fourth-order valence-electron chi connectivity index (χ4n) is 1.15. The average Bonchev–Trinajstić information content (AvgIpc) is 2.75. The largest absolute Gasteiger partial charge is 0.397 e. The highest BCUT2D eigenvalue weighted by Gasteiger charge is 2.45. The highest BCUT2D eigenvalue weighted by Crippen LogP contribution is 2.52. The van der Waals surface area contributed by atoms with Gasteiger partial charge in [-0.1, -0.05) is 11.6 Å². The van der Waals surface area contributed by atoms with Gasteiger partial charge in [-0.2, -0.15) is 0 Å². The molecule has 0 aromatic carbocycles. The molecule has 1 heterocycles. The van der Waals surface area contributed by atoms with Gasteiger partial charge in [-0.25, -0.2) is 4.98 Å². The number of halogens is 2. The highest BCUT2D eigenvalue weighted by atomic mass is 35.5. The van der Waals surface area contributed by atoms with Crippen LogP contribution in [0.1, 0.15) is 18.5 Å². The summed E-state index contributed by atoms with van der Waals surface area (Å²) in [6.07, 6.45) is 1.87. The number of rotatable bonds is 1.